The van der Waals surface area contributed by atoms with Gasteiger partial charge in [0.15, 0.2) is 0 Å². The number of hydrogen-bond donors (Lipinski definition) is 3. The molecule has 1 rings (SSSR count). The molecule has 19 heavy (non-hydrogen) atoms. The lowest BCUT2D eigenvalue weighted by Crippen LogP contribution is -2.53. The van der Waals surface area contributed by atoms with E-state index in [1.807, 2.05) is 0 Å². The highest BCUT2D eigenvalue weighted by Crippen LogP contribution is 2.32. The summed E-state index contributed by atoms with van der Waals surface area (Å²) in [6, 6.07) is 0. The van der Waals surface area contributed by atoms with Gasteiger partial charge in [0.1, 0.15) is 0 Å². The average Bonchev–Trinajstić information content (AvgIpc) is 2.38. The van der Waals surface area contributed by atoms with Gasteiger partial charge in [0, 0.05) is 6.42 Å². The van der Waals surface area contributed by atoms with Crippen molar-refractivity contribution in [2.24, 2.45) is 11.7 Å². The van der Waals surface area contributed by atoms with Gasteiger partial charge in [-0.3, -0.25) is 4.79 Å². The molecule has 1 aliphatic carbocycles. The number of unbranched alkanes of at least 4 members (excludes halogenated alkanes) is 3. The summed E-state index contributed by atoms with van der Waals surface area (Å²) >= 11 is 0. The number of aliphatic hydroxyl groups excluding tert-OH is 1. The van der Waals surface area contributed by atoms with Crippen molar-refractivity contribution in [1.82, 2.24) is 5.32 Å². The molecule has 0 saturated heterocycles. The highest BCUT2D eigenvalue weighted by molar-refractivity contribution is 5.76. The van der Waals surface area contributed by atoms with Gasteiger partial charge in [-0.1, -0.05) is 32.6 Å². The van der Waals surface area contributed by atoms with E-state index in [1.54, 1.807) is 0 Å². The van der Waals surface area contributed by atoms with Crippen LogP contribution in [0.5, 0.6) is 0 Å². The fourth-order valence-electron chi connectivity index (χ4n) is 3.10. The Morgan fingerprint density at radius 1 is 1.37 bits per heavy atom. The predicted octanol–water partition coefficient (Wildman–Crippen LogP) is 1.95. The molecule has 4 nitrogen and oxygen atoms in total. The zero-order chi connectivity index (χ0) is 14.1. The topological polar surface area (TPSA) is 75.3 Å². The minimum Gasteiger partial charge on any atom is -0.394 e. The van der Waals surface area contributed by atoms with Crippen molar-refractivity contribution >= 4 is 5.91 Å². The van der Waals surface area contributed by atoms with Gasteiger partial charge in [0.05, 0.1) is 12.1 Å². The Balaban J connectivity index is 2.28. The Hall–Kier alpha value is -0.610. The molecule has 0 aromatic rings. The molecule has 0 aromatic heterocycles. The summed E-state index contributed by atoms with van der Waals surface area (Å²) in [5, 5.41) is 12.7. The van der Waals surface area contributed by atoms with E-state index in [2.05, 4.69) is 12.2 Å². The van der Waals surface area contributed by atoms with Crippen LogP contribution in [0.1, 0.15) is 64.7 Å². The van der Waals surface area contributed by atoms with E-state index in [0.29, 0.717) is 12.3 Å². The van der Waals surface area contributed by atoms with Crippen molar-refractivity contribution in [2.45, 2.75) is 70.3 Å². The summed E-state index contributed by atoms with van der Waals surface area (Å²) < 4.78 is 0. The lowest BCUT2D eigenvalue weighted by molar-refractivity contribution is -0.124. The molecule has 2 unspecified atom stereocenters. The lowest BCUT2D eigenvalue weighted by Gasteiger charge is -2.39. The van der Waals surface area contributed by atoms with Gasteiger partial charge in [0.2, 0.25) is 5.91 Å². The summed E-state index contributed by atoms with van der Waals surface area (Å²) in [4.78, 5) is 12.0. The van der Waals surface area contributed by atoms with Gasteiger partial charge in [-0.25, -0.2) is 0 Å². The maximum Gasteiger partial charge on any atom is 0.220 e. The number of carbonyl (C=O) groups is 1. The summed E-state index contributed by atoms with van der Waals surface area (Å²) in [5.41, 5.74) is 5.08. The maximum atomic E-state index is 12.0. The third kappa shape index (κ3) is 5.91. The number of nitrogens with one attached hydrogen (secondary N) is 1. The molecule has 1 amide bonds. The zero-order valence-corrected chi connectivity index (χ0v) is 12.3. The van der Waals surface area contributed by atoms with Crippen LogP contribution in [0.15, 0.2) is 0 Å². The molecule has 4 heteroatoms. The number of nitrogens with two attached hydrogens (primary N) is 1. The van der Waals surface area contributed by atoms with Crippen LogP contribution in [0.3, 0.4) is 0 Å². The second-order valence-electron chi connectivity index (χ2n) is 6.14. The molecule has 0 bridgehead atoms. The number of amides is 1. The van der Waals surface area contributed by atoms with Gasteiger partial charge < -0.3 is 16.2 Å². The van der Waals surface area contributed by atoms with Crippen LogP contribution in [-0.4, -0.2) is 29.7 Å². The standard InChI is InChI=1S/C15H30N2O2/c1-13-7-6-9-15(11-13,12-18)17-14(19)8-4-2-3-5-10-16/h13,18H,2-12,16H2,1H3,(H,17,19). The van der Waals surface area contributed by atoms with E-state index in [9.17, 15) is 9.90 Å². The number of rotatable bonds is 8. The molecule has 0 aromatic carbocycles. The van der Waals surface area contributed by atoms with Gasteiger partial charge in [0.25, 0.3) is 0 Å². The fourth-order valence-corrected chi connectivity index (χ4v) is 3.10. The van der Waals surface area contributed by atoms with Crippen molar-refractivity contribution in [3.05, 3.63) is 0 Å². The SMILES string of the molecule is CC1CCCC(CO)(NC(=O)CCCCCCN)C1. The minimum absolute atomic E-state index is 0.0657. The monoisotopic (exact) mass is 270 g/mol. The molecule has 0 radical (unpaired) electrons. The Morgan fingerprint density at radius 3 is 2.74 bits per heavy atom. The maximum absolute atomic E-state index is 12.0. The summed E-state index contributed by atoms with van der Waals surface area (Å²) in [6.45, 7) is 3.00. The molecule has 2 atom stereocenters. The zero-order valence-electron chi connectivity index (χ0n) is 12.3. The van der Waals surface area contributed by atoms with Gasteiger partial charge in [-0.15, -0.1) is 0 Å². The van der Waals surface area contributed by atoms with Crippen LogP contribution < -0.4 is 11.1 Å². The quantitative estimate of drug-likeness (QED) is 0.590. The van der Waals surface area contributed by atoms with Crippen molar-refractivity contribution < 1.29 is 9.90 Å². The van der Waals surface area contributed by atoms with Crippen LogP contribution in [0.2, 0.25) is 0 Å². The summed E-state index contributed by atoms with van der Waals surface area (Å²) in [7, 11) is 0. The first kappa shape index (κ1) is 16.4. The molecule has 0 aliphatic heterocycles. The van der Waals surface area contributed by atoms with E-state index in [-0.39, 0.29) is 18.1 Å². The molecule has 0 heterocycles. The van der Waals surface area contributed by atoms with Gasteiger partial charge in [-0.2, -0.15) is 0 Å². The lowest BCUT2D eigenvalue weighted by atomic mass is 9.76. The van der Waals surface area contributed by atoms with E-state index in [0.717, 1.165) is 51.5 Å². The Morgan fingerprint density at radius 2 is 2.11 bits per heavy atom. The normalized spacial score (nSPS) is 27.2. The van der Waals surface area contributed by atoms with Crippen molar-refractivity contribution in [3.8, 4) is 0 Å². The van der Waals surface area contributed by atoms with Crippen LogP contribution >= 0.6 is 0 Å². The predicted molar refractivity (Wildman–Crippen MR) is 77.7 cm³/mol. The number of hydrogen-bond acceptors (Lipinski definition) is 3. The first-order valence-electron chi connectivity index (χ1n) is 7.74. The van der Waals surface area contributed by atoms with Crippen LogP contribution in [0, 0.1) is 5.92 Å². The Labute approximate surface area is 117 Å². The Bertz CT molecular complexity index is 271. The van der Waals surface area contributed by atoms with E-state index >= 15 is 0 Å². The van der Waals surface area contributed by atoms with E-state index in [1.165, 1.54) is 6.42 Å². The minimum atomic E-state index is -0.355. The molecule has 1 aliphatic rings. The molecular formula is C15H30N2O2. The third-order valence-corrected chi connectivity index (χ3v) is 4.16. The molecule has 4 N–H and O–H groups in total. The smallest absolute Gasteiger partial charge is 0.220 e. The molecular weight excluding hydrogens is 240 g/mol. The summed E-state index contributed by atoms with van der Waals surface area (Å²) in [6.07, 6.45) is 8.81. The second kappa shape index (κ2) is 8.54. The molecule has 1 fully saturated rings. The number of aliphatic hydroxyl groups is 1. The molecule has 112 valence electrons. The fraction of sp³-hybridized carbons (Fsp3) is 0.933. The van der Waals surface area contributed by atoms with Crippen molar-refractivity contribution in [2.75, 3.05) is 13.2 Å². The second-order valence-corrected chi connectivity index (χ2v) is 6.14. The van der Waals surface area contributed by atoms with Crippen LogP contribution in [0.4, 0.5) is 0 Å². The first-order chi connectivity index (χ1) is 9.12. The van der Waals surface area contributed by atoms with E-state index < -0.39 is 0 Å². The largest absolute Gasteiger partial charge is 0.394 e. The van der Waals surface area contributed by atoms with Crippen molar-refractivity contribution in [1.29, 1.82) is 0 Å². The van der Waals surface area contributed by atoms with Crippen molar-refractivity contribution in [3.63, 3.8) is 0 Å². The summed E-state index contributed by atoms with van der Waals surface area (Å²) in [5.74, 6) is 0.682. The average molecular weight is 270 g/mol. The molecule has 0 spiro atoms. The van der Waals surface area contributed by atoms with Crippen LogP contribution in [-0.2, 0) is 4.79 Å². The number of carbonyl (C=O) groups excluding carboxylic acids is 1. The Kier molecular flexibility index (Phi) is 7.39. The highest BCUT2D eigenvalue weighted by Gasteiger charge is 2.35. The highest BCUT2D eigenvalue weighted by atomic mass is 16.3. The van der Waals surface area contributed by atoms with E-state index in [4.69, 9.17) is 5.73 Å². The third-order valence-electron chi connectivity index (χ3n) is 4.16. The molecule has 1 saturated carbocycles. The van der Waals surface area contributed by atoms with Gasteiger partial charge >= 0.3 is 0 Å². The van der Waals surface area contributed by atoms with Gasteiger partial charge in [-0.05, 0) is 38.1 Å². The first-order valence-corrected chi connectivity index (χ1v) is 7.74. The van der Waals surface area contributed by atoms with Crippen LogP contribution in [0.25, 0.3) is 0 Å².